The molecule has 4 rings (SSSR count). The van der Waals surface area contributed by atoms with Crippen LogP contribution in [0, 0.1) is 19.3 Å². The first-order valence-electron chi connectivity index (χ1n) is 10.2. The number of piperidine rings is 2. The molecule has 3 fully saturated rings. The van der Waals surface area contributed by atoms with Gasteiger partial charge in [0.2, 0.25) is 5.91 Å². The van der Waals surface area contributed by atoms with Crippen LogP contribution in [0.3, 0.4) is 0 Å². The van der Waals surface area contributed by atoms with Gasteiger partial charge in [0.05, 0.1) is 17.2 Å². The number of nitrogens with zero attached hydrogens (tertiary/aromatic N) is 3. The Morgan fingerprint density at radius 2 is 1.96 bits per heavy atom. The van der Waals surface area contributed by atoms with E-state index in [1.165, 1.54) is 6.42 Å². The molecule has 148 valence electrons. The molecular formula is C20H30N4O3. The highest BCUT2D eigenvalue weighted by Gasteiger charge is 2.54. The van der Waals surface area contributed by atoms with E-state index < -0.39 is 5.41 Å². The van der Waals surface area contributed by atoms with E-state index in [0.29, 0.717) is 29.6 Å². The molecule has 3 aliphatic rings. The SMILES string of the molecule is Cc1noc(C)c1C(=O)N1CCC[C@@]2(C(=O)NC3CCC3)CCN(C)C[C@H]12. The molecule has 1 aromatic rings. The van der Waals surface area contributed by atoms with Crippen molar-refractivity contribution in [2.24, 2.45) is 5.41 Å². The Balaban J connectivity index is 1.64. The van der Waals surface area contributed by atoms with E-state index in [2.05, 4.69) is 22.4 Å². The third-order valence-electron chi connectivity index (χ3n) is 6.86. The van der Waals surface area contributed by atoms with Gasteiger partial charge in [-0.25, -0.2) is 0 Å². The standard InChI is InChI=1S/C20H30N4O3/c1-13-17(14(2)27-22-13)18(25)24-10-5-8-20(9-11-23(3)12-16(20)24)19(26)21-15-6-4-7-15/h15-16H,4-12H2,1-3H3,(H,21,26)/t16-,20+/m0/s1. The second kappa shape index (κ2) is 6.93. The zero-order chi connectivity index (χ0) is 19.2. The van der Waals surface area contributed by atoms with Gasteiger partial charge in [-0.2, -0.15) is 0 Å². The number of rotatable bonds is 3. The van der Waals surface area contributed by atoms with Crippen LogP contribution in [-0.4, -0.2) is 65.5 Å². The fraction of sp³-hybridized carbons (Fsp3) is 0.750. The van der Waals surface area contributed by atoms with E-state index in [4.69, 9.17) is 4.52 Å². The molecule has 0 aromatic carbocycles. The Morgan fingerprint density at radius 3 is 2.59 bits per heavy atom. The predicted octanol–water partition coefficient (Wildman–Crippen LogP) is 1.89. The van der Waals surface area contributed by atoms with Crippen molar-refractivity contribution < 1.29 is 14.1 Å². The maximum Gasteiger partial charge on any atom is 0.259 e. The summed E-state index contributed by atoms with van der Waals surface area (Å²) in [5.74, 6) is 0.658. The molecule has 1 N–H and O–H groups in total. The third kappa shape index (κ3) is 3.06. The summed E-state index contributed by atoms with van der Waals surface area (Å²) in [5.41, 5.74) is 0.699. The number of aromatic nitrogens is 1. The molecule has 7 nitrogen and oxygen atoms in total. The van der Waals surface area contributed by atoms with Crippen LogP contribution in [0.15, 0.2) is 4.52 Å². The lowest BCUT2D eigenvalue weighted by atomic mass is 9.67. The van der Waals surface area contributed by atoms with Gasteiger partial charge in [-0.05, 0) is 66.0 Å². The minimum Gasteiger partial charge on any atom is -0.361 e. The molecule has 27 heavy (non-hydrogen) atoms. The topological polar surface area (TPSA) is 78.7 Å². The lowest BCUT2D eigenvalue weighted by molar-refractivity contribution is -0.143. The quantitative estimate of drug-likeness (QED) is 0.874. The van der Waals surface area contributed by atoms with Crippen LogP contribution in [0.2, 0.25) is 0 Å². The Labute approximate surface area is 160 Å². The second-order valence-corrected chi connectivity index (χ2v) is 8.59. The highest BCUT2D eigenvalue weighted by atomic mass is 16.5. The van der Waals surface area contributed by atoms with Crippen LogP contribution in [0.5, 0.6) is 0 Å². The number of likely N-dealkylation sites (N-methyl/N-ethyl adjacent to an activating group) is 1. The highest BCUT2D eigenvalue weighted by Crippen LogP contribution is 2.43. The van der Waals surface area contributed by atoms with Gasteiger partial charge >= 0.3 is 0 Å². The summed E-state index contributed by atoms with van der Waals surface area (Å²) < 4.78 is 5.22. The number of aryl methyl sites for hydroxylation is 2. The van der Waals surface area contributed by atoms with Crippen molar-refractivity contribution in [3.05, 3.63) is 17.0 Å². The van der Waals surface area contributed by atoms with Crippen molar-refractivity contribution in [3.63, 3.8) is 0 Å². The molecular weight excluding hydrogens is 344 g/mol. The van der Waals surface area contributed by atoms with Crippen LogP contribution in [0.4, 0.5) is 0 Å². The van der Waals surface area contributed by atoms with Crippen molar-refractivity contribution in [2.45, 2.75) is 64.5 Å². The number of hydrogen-bond donors (Lipinski definition) is 1. The summed E-state index contributed by atoms with van der Waals surface area (Å²) in [6, 6.07) is 0.215. The summed E-state index contributed by atoms with van der Waals surface area (Å²) in [4.78, 5) is 30.9. The molecule has 0 unspecified atom stereocenters. The van der Waals surface area contributed by atoms with E-state index in [9.17, 15) is 9.59 Å². The van der Waals surface area contributed by atoms with E-state index in [0.717, 1.165) is 45.2 Å². The molecule has 0 bridgehead atoms. The molecule has 2 atom stereocenters. The van der Waals surface area contributed by atoms with Gasteiger partial charge in [0, 0.05) is 19.1 Å². The van der Waals surface area contributed by atoms with Crippen molar-refractivity contribution in [1.29, 1.82) is 0 Å². The van der Waals surface area contributed by atoms with Crippen molar-refractivity contribution in [3.8, 4) is 0 Å². The number of carbonyl (C=O) groups is 2. The van der Waals surface area contributed by atoms with E-state index in [1.54, 1.807) is 13.8 Å². The fourth-order valence-electron chi connectivity index (χ4n) is 4.96. The average Bonchev–Trinajstić information content (AvgIpc) is 2.95. The van der Waals surface area contributed by atoms with E-state index in [1.807, 2.05) is 4.90 Å². The minimum atomic E-state index is -0.477. The van der Waals surface area contributed by atoms with E-state index >= 15 is 0 Å². The zero-order valence-electron chi connectivity index (χ0n) is 16.6. The first kappa shape index (κ1) is 18.5. The molecule has 2 saturated heterocycles. The Kier molecular flexibility index (Phi) is 4.74. The van der Waals surface area contributed by atoms with Crippen molar-refractivity contribution in [1.82, 2.24) is 20.3 Å². The number of carbonyl (C=O) groups excluding carboxylic acids is 2. The van der Waals surface area contributed by atoms with Gasteiger partial charge < -0.3 is 19.6 Å². The number of hydrogen-bond acceptors (Lipinski definition) is 5. The van der Waals surface area contributed by atoms with Crippen LogP contribution < -0.4 is 5.32 Å². The highest BCUT2D eigenvalue weighted by molar-refractivity contribution is 5.97. The maximum absolute atomic E-state index is 13.4. The van der Waals surface area contributed by atoms with Crippen LogP contribution in [-0.2, 0) is 4.79 Å². The Bertz CT molecular complexity index is 722. The Morgan fingerprint density at radius 1 is 1.19 bits per heavy atom. The first-order valence-corrected chi connectivity index (χ1v) is 10.2. The molecule has 3 heterocycles. The van der Waals surface area contributed by atoms with Gasteiger partial charge in [-0.1, -0.05) is 5.16 Å². The molecule has 2 aliphatic heterocycles. The first-order chi connectivity index (χ1) is 12.9. The largest absolute Gasteiger partial charge is 0.361 e. The van der Waals surface area contributed by atoms with Gasteiger partial charge in [0.15, 0.2) is 0 Å². The predicted molar refractivity (Wildman–Crippen MR) is 100 cm³/mol. The monoisotopic (exact) mass is 374 g/mol. The molecule has 0 spiro atoms. The fourth-order valence-corrected chi connectivity index (χ4v) is 4.96. The lowest BCUT2D eigenvalue weighted by Crippen LogP contribution is -2.67. The molecule has 2 amide bonds. The molecule has 0 radical (unpaired) electrons. The Hall–Kier alpha value is -1.89. The number of likely N-dealkylation sites (tertiary alicyclic amines) is 2. The molecule has 1 aromatic heterocycles. The normalized spacial score (nSPS) is 29.1. The molecule has 1 saturated carbocycles. The van der Waals surface area contributed by atoms with Crippen LogP contribution >= 0.6 is 0 Å². The molecule has 7 heteroatoms. The summed E-state index contributed by atoms with van der Waals surface area (Å²) in [6.45, 7) is 5.88. The lowest BCUT2D eigenvalue weighted by Gasteiger charge is -2.53. The smallest absolute Gasteiger partial charge is 0.259 e. The third-order valence-corrected chi connectivity index (χ3v) is 6.86. The minimum absolute atomic E-state index is 0.0490. The summed E-state index contributed by atoms with van der Waals surface area (Å²) in [7, 11) is 2.07. The zero-order valence-corrected chi connectivity index (χ0v) is 16.6. The summed E-state index contributed by atoms with van der Waals surface area (Å²) >= 11 is 0. The van der Waals surface area contributed by atoms with Crippen LogP contribution in [0.25, 0.3) is 0 Å². The molecule has 1 aliphatic carbocycles. The van der Waals surface area contributed by atoms with E-state index in [-0.39, 0.29) is 17.9 Å². The van der Waals surface area contributed by atoms with Crippen LogP contribution in [0.1, 0.15) is 60.3 Å². The maximum atomic E-state index is 13.4. The van der Waals surface area contributed by atoms with Crippen molar-refractivity contribution >= 4 is 11.8 Å². The second-order valence-electron chi connectivity index (χ2n) is 8.59. The summed E-state index contributed by atoms with van der Waals surface area (Å²) in [5, 5.41) is 7.23. The number of fused-ring (bicyclic) bond motifs is 1. The van der Waals surface area contributed by atoms with Gasteiger partial charge in [0.1, 0.15) is 11.3 Å². The van der Waals surface area contributed by atoms with Gasteiger partial charge in [-0.15, -0.1) is 0 Å². The average molecular weight is 374 g/mol. The summed E-state index contributed by atoms with van der Waals surface area (Å²) in [6.07, 6.45) is 5.87. The number of nitrogens with one attached hydrogen (secondary N) is 1. The van der Waals surface area contributed by atoms with Gasteiger partial charge in [-0.3, -0.25) is 9.59 Å². The van der Waals surface area contributed by atoms with Crippen molar-refractivity contribution in [2.75, 3.05) is 26.7 Å². The number of amides is 2. The van der Waals surface area contributed by atoms with Gasteiger partial charge in [0.25, 0.3) is 5.91 Å².